The van der Waals surface area contributed by atoms with Crippen LogP contribution < -0.4 is 5.73 Å². The van der Waals surface area contributed by atoms with Crippen LogP contribution in [0.1, 0.15) is 30.9 Å². The van der Waals surface area contributed by atoms with Gasteiger partial charge in [0.2, 0.25) is 0 Å². The Labute approximate surface area is 104 Å². The lowest BCUT2D eigenvalue weighted by Gasteiger charge is -2.24. The molecule has 1 aromatic carbocycles. The number of benzene rings is 1. The zero-order valence-corrected chi connectivity index (χ0v) is 10.9. The zero-order valence-electron chi connectivity index (χ0n) is 10.9. The van der Waals surface area contributed by atoms with E-state index in [1.165, 1.54) is 24.0 Å². The molecule has 1 aliphatic rings. The van der Waals surface area contributed by atoms with Crippen molar-refractivity contribution in [1.29, 1.82) is 0 Å². The summed E-state index contributed by atoms with van der Waals surface area (Å²) in [6.07, 6.45) is 3.74. The van der Waals surface area contributed by atoms with Gasteiger partial charge in [-0.05, 0) is 50.2 Å². The molecule has 17 heavy (non-hydrogen) atoms. The fourth-order valence-corrected chi connectivity index (χ4v) is 2.44. The second-order valence-electron chi connectivity index (χ2n) is 5.05. The Bertz CT molecular complexity index is 360. The maximum Gasteiger partial charge on any atom is 0.0757 e. The van der Waals surface area contributed by atoms with Crippen LogP contribution in [0.5, 0.6) is 0 Å². The Hall–Kier alpha value is -0.860. The molecule has 0 heterocycles. The van der Waals surface area contributed by atoms with Gasteiger partial charge in [-0.3, -0.25) is 0 Å². The van der Waals surface area contributed by atoms with Gasteiger partial charge in [0.05, 0.1) is 6.10 Å². The van der Waals surface area contributed by atoms with E-state index in [0.717, 1.165) is 13.0 Å². The summed E-state index contributed by atoms with van der Waals surface area (Å²) in [5, 5.41) is 0. The predicted molar refractivity (Wildman–Crippen MR) is 71.0 cm³/mol. The monoisotopic (exact) mass is 233 g/mol. The molecule has 0 aliphatic heterocycles. The van der Waals surface area contributed by atoms with Crippen LogP contribution in [0.3, 0.4) is 0 Å². The smallest absolute Gasteiger partial charge is 0.0757 e. The third-order valence-electron chi connectivity index (χ3n) is 3.58. The quantitative estimate of drug-likeness (QED) is 0.820. The summed E-state index contributed by atoms with van der Waals surface area (Å²) < 4.78 is 5.81. The van der Waals surface area contributed by atoms with Crippen molar-refractivity contribution in [3.8, 4) is 0 Å². The molecule has 0 amide bonds. The molecule has 1 aromatic rings. The summed E-state index contributed by atoms with van der Waals surface area (Å²) in [5.41, 5.74) is 9.00. The van der Waals surface area contributed by atoms with Crippen LogP contribution in [-0.2, 0) is 11.2 Å². The molecule has 2 rings (SSSR count). The van der Waals surface area contributed by atoms with Gasteiger partial charge in [-0.25, -0.2) is 0 Å². The number of hydrogen-bond donors (Lipinski definition) is 1. The van der Waals surface area contributed by atoms with Gasteiger partial charge in [0, 0.05) is 12.6 Å². The molecule has 0 spiro atoms. The molecule has 2 N–H and O–H groups in total. The first-order valence-corrected chi connectivity index (χ1v) is 6.64. The molecule has 1 fully saturated rings. The average molecular weight is 233 g/mol. The summed E-state index contributed by atoms with van der Waals surface area (Å²) in [6, 6.07) is 8.61. The van der Waals surface area contributed by atoms with E-state index >= 15 is 0 Å². The molecule has 2 unspecified atom stereocenters. The summed E-state index contributed by atoms with van der Waals surface area (Å²) in [6.45, 7) is 4.97. The van der Waals surface area contributed by atoms with Crippen molar-refractivity contribution in [3.63, 3.8) is 0 Å². The number of nitrogens with two attached hydrogens (primary N) is 1. The van der Waals surface area contributed by atoms with Crippen molar-refractivity contribution in [2.45, 2.75) is 45.3 Å². The van der Waals surface area contributed by atoms with Gasteiger partial charge in [0.1, 0.15) is 0 Å². The van der Waals surface area contributed by atoms with Crippen LogP contribution in [0.4, 0.5) is 0 Å². The molecule has 2 heteroatoms. The first-order chi connectivity index (χ1) is 8.22. The molecular formula is C15H23NO. The number of aryl methyl sites for hydroxylation is 1. The normalized spacial score (nSPS) is 19.0. The van der Waals surface area contributed by atoms with Crippen LogP contribution >= 0.6 is 0 Å². The summed E-state index contributed by atoms with van der Waals surface area (Å²) in [4.78, 5) is 0. The third kappa shape index (κ3) is 3.30. The lowest BCUT2D eigenvalue weighted by molar-refractivity contribution is 0.0287. The SMILES string of the molecule is CCOC(C(N)Cc1ccccc1C)C1CC1. The highest BCUT2D eigenvalue weighted by Crippen LogP contribution is 2.36. The molecule has 0 saturated heterocycles. The maximum atomic E-state index is 6.32. The molecule has 0 radical (unpaired) electrons. The van der Waals surface area contributed by atoms with Gasteiger partial charge in [0.15, 0.2) is 0 Å². The Morgan fingerprint density at radius 2 is 2.06 bits per heavy atom. The highest BCUT2D eigenvalue weighted by molar-refractivity contribution is 5.26. The van der Waals surface area contributed by atoms with Gasteiger partial charge in [-0.2, -0.15) is 0 Å². The van der Waals surface area contributed by atoms with E-state index in [1.807, 2.05) is 0 Å². The molecule has 94 valence electrons. The van der Waals surface area contributed by atoms with Crippen LogP contribution in [0.2, 0.25) is 0 Å². The summed E-state index contributed by atoms with van der Waals surface area (Å²) in [7, 11) is 0. The molecule has 0 bridgehead atoms. The second-order valence-corrected chi connectivity index (χ2v) is 5.05. The van der Waals surface area contributed by atoms with Crippen molar-refractivity contribution in [2.24, 2.45) is 11.7 Å². The Kier molecular flexibility index (Phi) is 4.19. The third-order valence-corrected chi connectivity index (χ3v) is 3.58. The highest BCUT2D eigenvalue weighted by Gasteiger charge is 2.35. The molecule has 0 aromatic heterocycles. The van der Waals surface area contributed by atoms with Crippen molar-refractivity contribution in [3.05, 3.63) is 35.4 Å². The van der Waals surface area contributed by atoms with E-state index < -0.39 is 0 Å². The van der Waals surface area contributed by atoms with Crippen LogP contribution in [0.15, 0.2) is 24.3 Å². The zero-order chi connectivity index (χ0) is 12.3. The topological polar surface area (TPSA) is 35.2 Å². The fourth-order valence-electron chi connectivity index (χ4n) is 2.44. The number of hydrogen-bond acceptors (Lipinski definition) is 2. The largest absolute Gasteiger partial charge is 0.377 e. The maximum absolute atomic E-state index is 6.32. The number of ether oxygens (including phenoxy) is 1. The molecular weight excluding hydrogens is 210 g/mol. The van der Waals surface area contributed by atoms with Crippen molar-refractivity contribution >= 4 is 0 Å². The van der Waals surface area contributed by atoms with Crippen molar-refractivity contribution in [2.75, 3.05) is 6.61 Å². The predicted octanol–water partition coefficient (Wildman–Crippen LogP) is 2.68. The van der Waals surface area contributed by atoms with E-state index in [9.17, 15) is 0 Å². The lowest BCUT2D eigenvalue weighted by atomic mass is 9.96. The van der Waals surface area contributed by atoms with E-state index in [0.29, 0.717) is 5.92 Å². The van der Waals surface area contributed by atoms with Gasteiger partial charge < -0.3 is 10.5 Å². The van der Waals surface area contributed by atoms with E-state index in [-0.39, 0.29) is 12.1 Å². The van der Waals surface area contributed by atoms with Gasteiger partial charge in [-0.15, -0.1) is 0 Å². The summed E-state index contributed by atoms with van der Waals surface area (Å²) >= 11 is 0. The van der Waals surface area contributed by atoms with E-state index in [4.69, 9.17) is 10.5 Å². The minimum Gasteiger partial charge on any atom is -0.377 e. The van der Waals surface area contributed by atoms with Gasteiger partial charge in [0.25, 0.3) is 0 Å². The molecule has 1 aliphatic carbocycles. The van der Waals surface area contributed by atoms with Crippen molar-refractivity contribution < 1.29 is 4.74 Å². The van der Waals surface area contributed by atoms with Crippen molar-refractivity contribution in [1.82, 2.24) is 0 Å². The first-order valence-electron chi connectivity index (χ1n) is 6.64. The minimum atomic E-state index is 0.128. The average Bonchev–Trinajstić information content (AvgIpc) is 3.13. The molecule has 2 atom stereocenters. The van der Waals surface area contributed by atoms with Gasteiger partial charge >= 0.3 is 0 Å². The molecule has 1 saturated carbocycles. The Morgan fingerprint density at radius 1 is 1.35 bits per heavy atom. The highest BCUT2D eigenvalue weighted by atomic mass is 16.5. The van der Waals surface area contributed by atoms with E-state index in [2.05, 4.69) is 38.1 Å². The Morgan fingerprint density at radius 3 is 2.65 bits per heavy atom. The Balaban J connectivity index is 1.99. The van der Waals surface area contributed by atoms with Gasteiger partial charge in [-0.1, -0.05) is 24.3 Å². The van der Waals surface area contributed by atoms with Crippen LogP contribution in [0.25, 0.3) is 0 Å². The number of rotatable bonds is 6. The second kappa shape index (κ2) is 5.65. The standard InChI is InChI=1S/C15H23NO/c1-3-17-15(12-8-9-12)14(16)10-13-7-5-4-6-11(13)2/h4-7,12,14-15H,3,8-10,16H2,1-2H3. The van der Waals surface area contributed by atoms with Crippen LogP contribution in [0, 0.1) is 12.8 Å². The molecule has 2 nitrogen and oxygen atoms in total. The first kappa shape index (κ1) is 12.6. The summed E-state index contributed by atoms with van der Waals surface area (Å²) in [5.74, 6) is 0.703. The fraction of sp³-hybridized carbons (Fsp3) is 0.600. The lowest BCUT2D eigenvalue weighted by Crippen LogP contribution is -2.40. The van der Waals surface area contributed by atoms with Crippen LogP contribution in [-0.4, -0.2) is 18.8 Å². The minimum absolute atomic E-state index is 0.128. The van der Waals surface area contributed by atoms with E-state index in [1.54, 1.807) is 0 Å².